The minimum atomic E-state index is -1.95. The van der Waals surface area contributed by atoms with Crippen molar-refractivity contribution < 1.29 is 9.31 Å². The first-order valence-corrected chi connectivity index (χ1v) is 13.0. The normalized spacial score (nSPS) is 22.2. The summed E-state index contributed by atoms with van der Waals surface area (Å²) in [6, 6.07) is 10.9. The Morgan fingerprint density at radius 1 is 0.923 bits per heavy atom. The second-order valence-electron chi connectivity index (χ2n) is 9.28. The van der Waals surface area contributed by atoms with E-state index < -0.39 is 8.07 Å². The lowest BCUT2D eigenvalue weighted by atomic mass is 9.87. The Balaban J connectivity index is 2.08. The Morgan fingerprint density at radius 3 is 2.00 bits per heavy atom. The first-order chi connectivity index (χ1) is 12.1. The number of benzene rings is 1. The van der Waals surface area contributed by atoms with Crippen LogP contribution >= 0.6 is 0 Å². The zero-order valence-corrected chi connectivity index (χ0v) is 18.3. The summed E-state index contributed by atoms with van der Waals surface area (Å²) in [5, 5.41) is 2.67. The average Bonchev–Trinajstić information content (AvgIpc) is 2.81. The van der Waals surface area contributed by atoms with Crippen LogP contribution in [0, 0.1) is 0 Å². The van der Waals surface area contributed by atoms with Crippen molar-refractivity contribution in [2.75, 3.05) is 0 Å². The van der Waals surface area contributed by atoms with Crippen LogP contribution in [0.4, 0.5) is 0 Å². The van der Waals surface area contributed by atoms with Crippen molar-refractivity contribution in [2.45, 2.75) is 84.1 Å². The van der Waals surface area contributed by atoms with Crippen molar-refractivity contribution in [1.29, 1.82) is 0 Å². The van der Waals surface area contributed by atoms with Crippen LogP contribution in [0.5, 0.6) is 0 Å². The maximum absolute atomic E-state index is 6.48. The summed E-state index contributed by atoms with van der Waals surface area (Å²) in [5.74, 6) is 0. The predicted molar refractivity (Wildman–Crippen MR) is 113 cm³/mol. The molecule has 1 aromatic rings. The van der Waals surface area contributed by atoms with Crippen LogP contribution in [0.2, 0.25) is 13.1 Å². The molecule has 0 N–H and O–H groups in total. The summed E-state index contributed by atoms with van der Waals surface area (Å²) < 4.78 is 13.0. The fourth-order valence-corrected chi connectivity index (χ4v) is 6.31. The molecule has 0 amide bonds. The zero-order valence-electron chi connectivity index (χ0n) is 17.3. The van der Waals surface area contributed by atoms with Crippen molar-refractivity contribution in [3.8, 4) is 0 Å². The molecule has 1 aliphatic heterocycles. The van der Waals surface area contributed by atoms with Crippen molar-refractivity contribution in [2.24, 2.45) is 0 Å². The standard InChI is InChI=1S/C22H33BO2Si/c1-21(2)22(3,4)25-23(24-21)20(17-18-13-9-7-10-14-18)26(5,6)19-15-11-8-12-16-19/h8,11-12,15-16H,7,9-10,13-14H2,1-6H3. The van der Waals surface area contributed by atoms with Crippen molar-refractivity contribution >= 4 is 20.4 Å². The highest BCUT2D eigenvalue weighted by Crippen LogP contribution is 2.40. The largest absolute Gasteiger partial charge is 0.494 e. The molecule has 4 heteroatoms. The number of hydrogen-bond donors (Lipinski definition) is 0. The first kappa shape index (κ1) is 19.7. The zero-order chi connectivity index (χ0) is 19.0. The maximum Gasteiger partial charge on any atom is 0.494 e. The summed E-state index contributed by atoms with van der Waals surface area (Å²) in [4.78, 5) is 0. The van der Waals surface area contributed by atoms with Gasteiger partial charge in [-0.2, -0.15) is 0 Å². The molecule has 0 unspecified atom stereocenters. The van der Waals surface area contributed by atoms with Gasteiger partial charge in [-0.15, -0.1) is 5.73 Å². The van der Waals surface area contributed by atoms with Crippen LogP contribution < -0.4 is 5.19 Å². The Bertz CT molecular complexity index is 691. The molecule has 2 nitrogen and oxygen atoms in total. The molecule has 3 rings (SSSR count). The lowest BCUT2D eigenvalue weighted by Gasteiger charge is -2.32. The number of allylic oxidation sites excluding steroid dienone is 1. The van der Waals surface area contributed by atoms with Gasteiger partial charge in [-0.05, 0) is 64.0 Å². The lowest BCUT2D eigenvalue weighted by Crippen LogP contribution is -2.49. The number of hydrogen-bond acceptors (Lipinski definition) is 2. The summed E-state index contributed by atoms with van der Waals surface area (Å²) in [6.45, 7) is 13.3. The van der Waals surface area contributed by atoms with Gasteiger partial charge in [0.05, 0.1) is 11.2 Å². The van der Waals surface area contributed by atoms with Gasteiger partial charge in [-0.3, -0.25) is 0 Å². The van der Waals surface area contributed by atoms with E-state index >= 15 is 0 Å². The topological polar surface area (TPSA) is 18.5 Å². The van der Waals surface area contributed by atoms with Gasteiger partial charge < -0.3 is 9.31 Å². The van der Waals surface area contributed by atoms with E-state index in [-0.39, 0.29) is 18.3 Å². The molecule has 0 aromatic heterocycles. The molecule has 1 saturated heterocycles. The molecule has 2 fully saturated rings. The third-order valence-corrected chi connectivity index (χ3v) is 9.91. The Hall–Kier alpha value is -1.06. The van der Waals surface area contributed by atoms with Crippen molar-refractivity contribution in [3.63, 3.8) is 0 Å². The van der Waals surface area contributed by atoms with E-state index in [9.17, 15) is 0 Å². The smallest absolute Gasteiger partial charge is 0.399 e. The molecule has 140 valence electrons. The van der Waals surface area contributed by atoms with Gasteiger partial charge >= 0.3 is 7.12 Å². The van der Waals surface area contributed by atoms with Crippen LogP contribution in [-0.2, 0) is 9.31 Å². The highest BCUT2D eigenvalue weighted by molar-refractivity contribution is 7.04. The van der Waals surface area contributed by atoms with Crippen LogP contribution in [0.15, 0.2) is 46.7 Å². The molecule has 2 aliphatic rings. The van der Waals surface area contributed by atoms with E-state index in [0.29, 0.717) is 0 Å². The van der Waals surface area contributed by atoms with E-state index in [0.717, 1.165) is 0 Å². The van der Waals surface area contributed by atoms with E-state index in [1.807, 2.05) is 0 Å². The fraction of sp³-hybridized carbons (Fsp3) is 0.591. The molecule has 0 atom stereocenters. The first-order valence-electron chi connectivity index (χ1n) is 10.0. The molecule has 0 spiro atoms. The van der Waals surface area contributed by atoms with Crippen LogP contribution in [0.25, 0.3) is 0 Å². The minimum Gasteiger partial charge on any atom is -0.399 e. The van der Waals surface area contributed by atoms with Crippen LogP contribution in [0.3, 0.4) is 0 Å². The highest BCUT2D eigenvalue weighted by atomic mass is 28.3. The fourth-order valence-electron chi connectivity index (χ4n) is 3.78. The average molecular weight is 368 g/mol. The molecular formula is C22H33BO2Si. The molecule has 1 aliphatic carbocycles. The third kappa shape index (κ3) is 3.80. The molecule has 0 radical (unpaired) electrons. The molecule has 0 bridgehead atoms. The molecule has 26 heavy (non-hydrogen) atoms. The summed E-state index contributed by atoms with van der Waals surface area (Å²) in [5.41, 5.74) is 4.68. The van der Waals surface area contributed by atoms with E-state index in [1.165, 1.54) is 48.0 Å². The molecule has 1 heterocycles. The Morgan fingerprint density at radius 2 is 1.46 bits per heavy atom. The van der Waals surface area contributed by atoms with E-state index in [2.05, 4.69) is 76.9 Å². The summed E-state index contributed by atoms with van der Waals surface area (Å²) in [6.07, 6.45) is 6.25. The lowest BCUT2D eigenvalue weighted by molar-refractivity contribution is 0.00578. The van der Waals surface area contributed by atoms with Gasteiger partial charge in [-0.1, -0.05) is 55.0 Å². The van der Waals surface area contributed by atoms with Gasteiger partial charge in [0.25, 0.3) is 0 Å². The Kier molecular flexibility index (Phi) is 5.43. The van der Waals surface area contributed by atoms with Gasteiger partial charge in [0.2, 0.25) is 0 Å². The van der Waals surface area contributed by atoms with Gasteiger partial charge in [-0.25, -0.2) is 0 Å². The predicted octanol–water partition coefficient (Wildman–Crippen LogP) is 5.19. The van der Waals surface area contributed by atoms with Gasteiger partial charge in [0.15, 0.2) is 0 Å². The van der Waals surface area contributed by atoms with E-state index in [4.69, 9.17) is 9.31 Å². The van der Waals surface area contributed by atoms with E-state index in [1.54, 1.807) is 0 Å². The molecular weight excluding hydrogens is 335 g/mol. The summed E-state index contributed by atoms with van der Waals surface area (Å²) >= 11 is 0. The second-order valence-corrected chi connectivity index (χ2v) is 13.6. The summed E-state index contributed by atoms with van der Waals surface area (Å²) in [7, 11) is -2.24. The second kappa shape index (κ2) is 7.16. The SMILES string of the molecule is CC1(C)OB(C(=C=C2CCCCC2)[Si](C)(C)c2ccccc2)OC1(C)C. The quantitative estimate of drug-likeness (QED) is 0.540. The minimum absolute atomic E-state index is 0.295. The van der Waals surface area contributed by atoms with Crippen molar-refractivity contribution in [3.05, 3.63) is 46.7 Å². The third-order valence-electron chi connectivity index (χ3n) is 6.43. The molecule has 1 saturated carbocycles. The van der Waals surface area contributed by atoms with Crippen LogP contribution in [0.1, 0.15) is 59.8 Å². The van der Waals surface area contributed by atoms with Crippen LogP contribution in [-0.4, -0.2) is 26.4 Å². The number of rotatable bonds is 3. The highest BCUT2D eigenvalue weighted by Gasteiger charge is 2.55. The monoisotopic (exact) mass is 368 g/mol. The van der Waals surface area contributed by atoms with Gasteiger partial charge in [0.1, 0.15) is 8.07 Å². The van der Waals surface area contributed by atoms with Crippen molar-refractivity contribution in [1.82, 2.24) is 0 Å². The Labute approximate surface area is 160 Å². The van der Waals surface area contributed by atoms with Gasteiger partial charge in [0, 0.05) is 0 Å². The molecule has 1 aromatic carbocycles. The maximum atomic E-state index is 6.48.